The summed E-state index contributed by atoms with van der Waals surface area (Å²) in [7, 11) is 0. The topological polar surface area (TPSA) is 42.2 Å². The number of carbonyl (C=O) groups excluding carboxylic acids is 1. The molecule has 0 bridgehead atoms. The van der Waals surface area contributed by atoms with Crippen molar-refractivity contribution in [1.82, 2.24) is 0 Å². The molecule has 0 unspecified atom stereocenters. The van der Waals surface area contributed by atoms with Crippen molar-refractivity contribution in [3.8, 4) is 0 Å². The van der Waals surface area contributed by atoms with E-state index in [-0.39, 0.29) is 5.91 Å². The van der Waals surface area contributed by atoms with Crippen LogP contribution in [-0.4, -0.2) is 5.91 Å². The van der Waals surface area contributed by atoms with Crippen LogP contribution in [0, 0.1) is 20.8 Å². The van der Waals surface area contributed by atoms with Gasteiger partial charge < -0.3 is 9.73 Å². The number of carbonyl (C=O) groups is 1. The van der Waals surface area contributed by atoms with Crippen molar-refractivity contribution in [2.24, 2.45) is 0 Å². The van der Waals surface area contributed by atoms with Gasteiger partial charge in [-0.25, -0.2) is 0 Å². The molecule has 0 aliphatic carbocycles. The quantitative estimate of drug-likeness (QED) is 0.701. The number of aryl methyl sites for hydroxylation is 3. The standard InChI is InChI=1S/C18H16ClNO2/c1-10-6-4-7-11(2)15(10)20-18(21)16-12(3)13-8-5-9-14(19)17(13)22-16/h4-9H,1-3H3,(H,20,21). The lowest BCUT2D eigenvalue weighted by Gasteiger charge is -2.10. The monoisotopic (exact) mass is 313 g/mol. The summed E-state index contributed by atoms with van der Waals surface area (Å²) >= 11 is 6.13. The van der Waals surface area contributed by atoms with Crippen LogP contribution in [0.3, 0.4) is 0 Å². The molecule has 0 aliphatic heterocycles. The molecule has 1 aromatic heterocycles. The second kappa shape index (κ2) is 5.50. The highest BCUT2D eigenvalue weighted by Crippen LogP contribution is 2.31. The molecule has 2 aromatic carbocycles. The van der Waals surface area contributed by atoms with Crippen LogP contribution in [0.5, 0.6) is 0 Å². The molecule has 1 heterocycles. The molecule has 0 spiro atoms. The molecule has 3 aromatic rings. The van der Waals surface area contributed by atoms with E-state index in [0.717, 1.165) is 27.8 Å². The van der Waals surface area contributed by atoms with Gasteiger partial charge in [-0.15, -0.1) is 0 Å². The van der Waals surface area contributed by atoms with Crippen LogP contribution in [-0.2, 0) is 0 Å². The first-order valence-corrected chi connectivity index (χ1v) is 7.42. The minimum Gasteiger partial charge on any atom is -0.449 e. The third-order valence-corrected chi connectivity index (χ3v) is 4.14. The van der Waals surface area contributed by atoms with Crippen LogP contribution in [0.25, 0.3) is 11.0 Å². The number of anilines is 1. The number of rotatable bonds is 2. The Morgan fingerprint density at radius 2 is 1.68 bits per heavy atom. The molecule has 22 heavy (non-hydrogen) atoms. The number of nitrogens with one attached hydrogen (secondary N) is 1. The third-order valence-electron chi connectivity index (χ3n) is 3.84. The number of benzene rings is 2. The fourth-order valence-corrected chi connectivity index (χ4v) is 2.82. The minimum atomic E-state index is -0.262. The molecule has 0 aliphatic rings. The number of fused-ring (bicyclic) bond motifs is 1. The second-order valence-corrected chi connectivity index (χ2v) is 5.80. The van der Waals surface area contributed by atoms with E-state index < -0.39 is 0 Å². The van der Waals surface area contributed by atoms with Gasteiger partial charge in [0.15, 0.2) is 11.3 Å². The summed E-state index contributed by atoms with van der Waals surface area (Å²) in [4.78, 5) is 12.6. The number of para-hydroxylation sites is 2. The van der Waals surface area contributed by atoms with Gasteiger partial charge in [0.1, 0.15) is 0 Å². The van der Waals surface area contributed by atoms with E-state index in [1.54, 1.807) is 6.07 Å². The molecular weight excluding hydrogens is 298 g/mol. The van der Waals surface area contributed by atoms with Gasteiger partial charge in [0.2, 0.25) is 0 Å². The fraction of sp³-hybridized carbons (Fsp3) is 0.167. The molecule has 1 N–H and O–H groups in total. The number of hydrogen-bond donors (Lipinski definition) is 1. The van der Waals surface area contributed by atoms with Gasteiger partial charge in [0.05, 0.1) is 5.02 Å². The first-order chi connectivity index (χ1) is 10.5. The average Bonchev–Trinajstić information content (AvgIpc) is 2.82. The van der Waals surface area contributed by atoms with Gasteiger partial charge in [0, 0.05) is 16.6 Å². The first kappa shape index (κ1) is 14.7. The Bertz CT molecular complexity index is 860. The van der Waals surface area contributed by atoms with Gasteiger partial charge in [0.25, 0.3) is 5.91 Å². The molecule has 112 valence electrons. The molecular formula is C18H16ClNO2. The van der Waals surface area contributed by atoms with Crippen molar-refractivity contribution in [3.63, 3.8) is 0 Å². The van der Waals surface area contributed by atoms with E-state index in [4.69, 9.17) is 16.0 Å². The fourth-order valence-electron chi connectivity index (χ4n) is 2.61. The maximum Gasteiger partial charge on any atom is 0.291 e. The van der Waals surface area contributed by atoms with Gasteiger partial charge in [-0.3, -0.25) is 4.79 Å². The minimum absolute atomic E-state index is 0.262. The predicted octanol–water partition coefficient (Wildman–Crippen LogP) is 5.26. The second-order valence-electron chi connectivity index (χ2n) is 5.39. The van der Waals surface area contributed by atoms with Crippen molar-refractivity contribution in [3.05, 3.63) is 63.9 Å². The Kier molecular flexibility index (Phi) is 3.67. The van der Waals surface area contributed by atoms with Crippen molar-refractivity contribution >= 4 is 34.2 Å². The largest absolute Gasteiger partial charge is 0.449 e. The summed E-state index contributed by atoms with van der Waals surface area (Å²) in [6.45, 7) is 5.79. The van der Waals surface area contributed by atoms with Crippen LogP contribution in [0.4, 0.5) is 5.69 Å². The van der Waals surface area contributed by atoms with Crippen molar-refractivity contribution in [2.75, 3.05) is 5.32 Å². The van der Waals surface area contributed by atoms with Crippen molar-refractivity contribution in [1.29, 1.82) is 0 Å². The van der Waals surface area contributed by atoms with Crippen molar-refractivity contribution < 1.29 is 9.21 Å². The number of furan rings is 1. The number of hydrogen-bond acceptors (Lipinski definition) is 2. The van der Waals surface area contributed by atoms with E-state index in [9.17, 15) is 4.79 Å². The first-order valence-electron chi connectivity index (χ1n) is 7.04. The predicted molar refractivity (Wildman–Crippen MR) is 89.8 cm³/mol. The van der Waals surface area contributed by atoms with E-state index in [2.05, 4.69) is 5.32 Å². The zero-order chi connectivity index (χ0) is 15.9. The van der Waals surface area contributed by atoms with Crippen LogP contribution in [0.1, 0.15) is 27.2 Å². The Hall–Kier alpha value is -2.26. The summed E-state index contributed by atoms with van der Waals surface area (Å²) < 4.78 is 5.70. The Morgan fingerprint density at radius 1 is 1.05 bits per heavy atom. The number of amides is 1. The Balaban J connectivity index is 2.03. The summed E-state index contributed by atoms with van der Waals surface area (Å²) in [5, 5.41) is 4.31. The maximum atomic E-state index is 12.6. The van der Waals surface area contributed by atoms with Gasteiger partial charge in [-0.2, -0.15) is 0 Å². The van der Waals surface area contributed by atoms with Crippen LogP contribution < -0.4 is 5.32 Å². The lowest BCUT2D eigenvalue weighted by Crippen LogP contribution is -2.14. The van der Waals surface area contributed by atoms with Gasteiger partial charge >= 0.3 is 0 Å². The third kappa shape index (κ3) is 2.38. The number of halogens is 1. The SMILES string of the molecule is Cc1cccc(C)c1NC(=O)c1oc2c(Cl)cccc2c1C. The summed E-state index contributed by atoms with van der Waals surface area (Å²) in [6.07, 6.45) is 0. The van der Waals surface area contributed by atoms with E-state index >= 15 is 0 Å². The molecule has 4 heteroatoms. The zero-order valence-electron chi connectivity index (χ0n) is 12.7. The molecule has 3 nitrogen and oxygen atoms in total. The highest BCUT2D eigenvalue weighted by atomic mass is 35.5. The van der Waals surface area contributed by atoms with Crippen LogP contribution >= 0.6 is 11.6 Å². The highest BCUT2D eigenvalue weighted by Gasteiger charge is 2.20. The average molecular weight is 314 g/mol. The Morgan fingerprint density at radius 3 is 2.32 bits per heavy atom. The van der Waals surface area contributed by atoms with E-state index in [1.807, 2.05) is 51.1 Å². The van der Waals surface area contributed by atoms with Gasteiger partial charge in [-0.05, 0) is 38.0 Å². The lowest BCUT2D eigenvalue weighted by atomic mass is 10.1. The van der Waals surface area contributed by atoms with Gasteiger partial charge in [-0.1, -0.05) is 41.9 Å². The Labute approximate surface area is 133 Å². The lowest BCUT2D eigenvalue weighted by molar-refractivity contribution is 0.0997. The molecule has 0 atom stereocenters. The van der Waals surface area contributed by atoms with E-state index in [1.165, 1.54) is 0 Å². The molecule has 0 radical (unpaired) electrons. The highest BCUT2D eigenvalue weighted by molar-refractivity contribution is 6.35. The molecule has 0 saturated heterocycles. The maximum absolute atomic E-state index is 12.6. The summed E-state index contributed by atoms with van der Waals surface area (Å²) in [5.41, 5.74) is 4.19. The van der Waals surface area contributed by atoms with Crippen molar-refractivity contribution in [2.45, 2.75) is 20.8 Å². The molecule has 1 amide bonds. The summed E-state index contributed by atoms with van der Waals surface area (Å²) in [5.74, 6) is 0.0351. The zero-order valence-corrected chi connectivity index (χ0v) is 13.4. The molecule has 0 saturated carbocycles. The van der Waals surface area contributed by atoms with E-state index in [0.29, 0.717) is 16.4 Å². The smallest absolute Gasteiger partial charge is 0.291 e. The van der Waals surface area contributed by atoms with Crippen LogP contribution in [0.2, 0.25) is 5.02 Å². The molecule has 3 rings (SSSR count). The molecule has 0 fully saturated rings. The summed E-state index contributed by atoms with van der Waals surface area (Å²) in [6, 6.07) is 11.4. The van der Waals surface area contributed by atoms with Crippen LogP contribution in [0.15, 0.2) is 40.8 Å². The normalized spacial score (nSPS) is 10.9.